The van der Waals surface area contributed by atoms with Gasteiger partial charge in [-0.25, -0.2) is 0 Å². The molecule has 1 aromatic carbocycles. The molecule has 0 heterocycles. The van der Waals surface area contributed by atoms with Gasteiger partial charge in [-0.2, -0.15) is 0 Å². The summed E-state index contributed by atoms with van der Waals surface area (Å²) in [6.07, 6.45) is 1.43. The molecule has 0 aliphatic carbocycles. The molecule has 0 amide bonds. The minimum atomic E-state index is -1.82. The molecule has 0 saturated heterocycles. The molecule has 96 valence electrons. The van der Waals surface area contributed by atoms with Gasteiger partial charge in [0.25, 0.3) is 0 Å². The molecule has 2 N–H and O–H groups in total. The average molecular weight is 284 g/mol. The van der Waals surface area contributed by atoms with Crippen LogP contribution in [0.4, 0.5) is 0 Å². The van der Waals surface area contributed by atoms with Crippen LogP contribution in [-0.4, -0.2) is 22.2 Å². The van der Waals surface area contributed by atoms with Crippen molar-refractivity contribution in [3.63, 3.8) is 0 Å². The Bertz CT molecular complexity index is 404. The van der Waals surface area contributed by atoms with Crippen LogP contribution in [0.25, 0.3) is 0 Å². The molecule has 6 heteroatoms. The van der Waals surface area contributed by atoms with Gasteiger partial charge in [-0.15, -0.1) is 0 Å². The second-order valence-corrected chi connectivity index (χ2v) is 3.99. The SMILES string of the molecule is CCCCC(C(=O)O)(C(=O)O)c1ccccc1.[H-].[H-].[K+].[Li+]. The number of carboxylic acid groups (broad SMARTS) is 2. The number of benzene rings is 1. The van der Waals surface area contributed by atoms with Gasteiger partial charge in [-0.1, -0.05) is 50.1 Å². The van der Waals surface area contributed by atoms with Gasteiger partial charge < -0.3 is 13.1 Å². The Kier molecular flexibility index (Phi) is 11.6. The Labute approximate surface area is 170 Å². The Morgan fingerprint density at radius 3 is 2.00 bits per heavy atom. The smallest absolute Gasteiger partial charge is 1.00 e. The van der Waals surface area contributed by atoms with E-state index in [-0.39, 0.29) is 79.5 Å². The standard InChI is InChI=1S/C13H16O4.K.Li.2H/c1-2-3-9-13(11(14)15,12(16)17)10-7-5-4-6-8-10;;;;/h4-8H,2-3,9H2,1H3,(H,14,15)(H,16,17);;;;/q;2*+1;2*-1. The second-order valence-electron chi connectivity index (χ2n) is 3.99. The molecule has 0 aromatic heterocycles. The van der Waals surface area contributed by atoms with E-state index in [1.807, 2.05) is 6.92 Å². The topological polar surface area (TPSA) is 74.6 Å². The van der Waals surface area contributed by atoms with Crippen LogP contribution in [0.1, 0.15) is 34.6 Å². The third-order valence-electron chi connectivity index (χ3n) is 2.90. The van der Waals surface area contributed by atoms with E-state index >= 15 is 0 Å². The predicted molar refractivity (Wildman–Crippen MR) is 65.1 cm³/mol. The number of carboxylic acids is 2. The molecule has 0 fully saturated rings. The van der Waals surface area contributed by atoms with Crippen LogP contribution >= 0.6 is 0 Å². The number of rotatable bonds is 6. The molecule has 4 nitrogen and oxygen atoms in total. The quantitative estimate of drug-likeness (QED) is 0.420. The van der Waals surface area contributed by atoms with E-state index in [9.17, 15) is 19.8 Å². The van der Waals surface area contributed by atoms with E-state index in [2.05, 4.69) is 0 Å². The Morgan fingerprint density at radius 2 is 1.63 bits per heavy atom. The first-order valence-electron chi connectivity index (χ1n) is 5.58. The fourth-order valence-corrected chi connectivity index (χ4v) is 1.86. The van der Waals surface area contributed by atoms with E-state index in [1.165, 1.54) is 0 Å². The summed E-state index contributed by atoms with van der Waals surface area (Å²) in [6.45, 7) is 1.90. The molecule has 19 heavy (non-hydrogen) atoms. The summed E-state index contributed by atoms with van der Waals surface area (Å²) in [4.78, 5) is 22.8. The molecule has 1 aromatic rings. The Hall–Kier alpha value is 0.394. The van der Waals surface area contributed by atoms with Crippen molar-refractivity contribution in [3.05, 3.63) is 35.9 Å². The van der Waals surface area contributed by atoms with Gasteiger partial charge in [0.2, 0.25) is 0 Å². The molecule has 0 atom stereocenters. The Balaban J connectivity index is -0.000000361. The van der Waals surface area contributed by atoms with Gasteiger partial charge in [0.15, 0.2) is 5.41 Å². The molecule has 0 saturated carbocycles. The van der Waals surface area contributed by atoms with E-state index in [1.54, 1.807) is 30.3 Å². The number of unbranched alkanes of at least 4 members (excludes halogenated alkanes) is 1. The van der Waals surface area contributed by atoms with Crippen molar-refractivity contribution in [2.75, 3.05) is 0 Å². The van der Waals surface area contributed by atoms with Gasteiger partial charge in [0, 0.05) is 0 Å². The van der Waals surface area contributed by atoms with Crippen LogP contribution in [0, 0.1) is 0 Å². The fraction of sp³-hybridized carbons (Fsp3) is 0.385. The van der Waals surface area contributed by atoms with E-state index in [0.29, 0.717) is 12.0 Å². The zero-order chi connectivity index (χ0) is 12.9. The van der Waals surface area contributed by atoms with Gasteiger partial charge in [0.05, 0.1) is 0 Å². The van der Waals surface area contributed by atoms with Gasteiger partial charge in [-0.05, 0) is 12.0 Å². The third kappa shape index (κ3) is 5.02. The monoisotopic (exact) mass is 284 g/mol. The van der Waals surface area contributed by atoms with Crippen molar-refractivity contribution < 1.29 is 92.9 Å². The summed E-state index contributed by atoms with van der Waals surface area (Å²) in [6, 6.07) is 8.15. The van der Waals surface area contributed by atoms with Crippen molar-refractivity contribution in [1.82, 2.24) is 0 Å². The van der Waals surface area contributed by atoms with Crippen molar-refractivity contribution in [2.45, 2.75) is 31.6 Å². The summed E-state index contributed by atoms with van der Waals surface area (Å²) in [5.74, 6) is -2.60. The van der Waals surface area contributed by atoms with Gasteiger partial charge in [0.1, 0.15) is 0 Å². The molecule has 1 rings (SSSR count). The van der Waals surface area contributed by atoms with Crippen molar-refractivity contribution in [2.24, 2.45) is 0 Å². The Morgan fingerprint density at radius 1 is 1.16 bits per heavy atom. The summed E-state index contributed by atoms with van der Waals surface area (Å²) in [5.41, 5.74) is -1.49. The third-order valence-corrected chi connectivity index (χ3v) is 2.90. The van der Waals surface area contributed by atoms with Crippen molar-refractivity contribution >= 4 is 11.9 Å². The zero-order valence-corrected chi connectivity index (χ0v) is 14.8. The maximum absolute atomic E-state index is 11.4. The van der Waals surface area contributed by atoms with Crippen molar-refractivity contribution in [3.8, 4) is 0 Å². The van der Waals surface area contributed by atoms with E-state index in [4.69, 9.17) is 0 Å². The normalized spacial score (nSPS) is 9.95. The number of hydrogen-bond acceptors (Lipinski definition) is 2. The van der Waals surface area contributed by atoms with Gasteiger partial charge in [-0.3, -0.25) is 9.59 Å². The summed E-state index contributed by atoms with van der Waals surface area (Å²) in [7, 11) is 0. The summed E-state index contributed by atoms with van der Waals surface area (Å²) in [5, 5.41) is 18.6. The average Bonchev–Trinajstić information content (AvgIpc) is 2.30. The minimum absolute atomic E-state index is 0. The van der Waals surface area contributed by atoms with E-state index < -0.39 is 17.4 Å². The molecule has 0 radical (unpaired) electrons. The first kappa shape index (κ1) is 21.7. The summed E-state index contributed by atoms with van der Waals surface area (Å²) < 4.78 is 0. The van der Waals surface area contributed by atoms with Crippen LogP contribution < -0.4 is 70.2 Å². The maximum Gasteiger partial charge on any atom is 1.00 e. The molecular formula is C13H18KLiO4. The van der Waals surface area contributed by atoms with Crippen LogP contribution in [-0.2, 0) is 15.0 Å². The predicted octanol–water partition coefficient (Wildman–Crippen LogP) is -3.48. The second kappa shape index (κ2) is 10.2. The first-order valence-corrected chi connectivity index (χ1v) is 5.58. The molecule has 0 aliphatic heterocycles. The van der Waals surface area contributed by atoms with E-state index in [0.717, 1.165) is 6.42 Å². The fourth-order valence-electron chi connectivity index (χ4n) is 1.86. The number of carbonyl (C=O) groups is 2. The minimum Gasteiger partial charge on any atom is -1.00 e. The first-order chi connectivity index (χ1) is 8.05. The van der Waals surface area contributed by atoms with Crippen molar-refractivity contribution in [1.29, 1.82) is 0 Å². The van der Waals surface area contributed by atoms with Crippen LogP contribution in [0.15, 0.2) is 30.3 Å². The molecule has 0 unspecified atom stereocenters. The van der Waals surface area contributed by atoms with Crippen LogP contribution in [0.5, 0.6) is 0 Å². The summed E-state index contributed by atoms with van der Waals surface area (Å²) >= 11 is 0. The van der Waals surface area contributed by atoms with Crippen LogP contribution in [0.3, 0.4) is 0 Å². The molecular weight excluding hydrogens is 266 g/mol. The number of aliphatic carboxylic acids is 2. The molecule has 0 bridgehead atoms. The largest absolute Gasteiger partial charge is 1.00 e. The molecule has 0 spiro atoms. The van der Waals surface area contributed by atoms with Crippen LogP contribution in [0.2, 0.25) is 0 Å². The maximum atomic E-state index is 11.4. The number of hydrogen-bond donors (Lipinski definition) is 2. The van der Waals surface area contributed by atoms with Gasteiger partial charge >= 0.3 is 82.2 Å². The zero-order valence-electron chi connectivity index (χ0n) is 13.7. The molecule has 0 aliphatic rings.